The zero-order valence-corrected chi connectivity index (χ0v) is 14.5. The van der Waals surface area contributed by atoms with Crippen LogP contribution in [0.3, 0.4) is 0 Å². The maximum Gasteiger partial charge on any atom is 0.416 e. The average molecular weight is 406 g/mol. The van der Waals surface area contributed by atoms with Crippen LogP contribution in [0.15, 0.2) is 52.3 Å². The first-order valence-corrected chi connectivity index (χ1v) is 8.79. The molecule has 0 unspecified atom stereocenters. The standard InChI is InChI=1S/C16H8Cl2F3NO2S/c17-11-5-6-14(18)15(8-11)25(23,24)12(9-22)7-10-3-1-2-4-13(10)16(19,20)21/h1-8H/b12-7+. The number of hydrogen-bond acceptors (Lipinski definition) is 3. The van der Waals surface area contributed by atoms with Gasteiger partial charge in [-0.05, 0) is 35.9 Å². The van der Waals surface area contributed by atoms with Crippen molar-refractivity contribution in [3.63, 3.8) is 0 Å². The smallest absolute Gasteiger partial charge is 0.218 e. The molecular weight excluding hydrogens is 398 g/mol. The summed E-state index contributed by atoms with van der Waals surface area (Å²) in [5, 5.41) is 9.04. The first-order valence-electron chi connectivity index (χ1n) is 6.55. The summed E-state index contributed by atoms with van der Waals surface area (Å²) in [7, 11) is -4.45. The van der Waals surface area contributed by atoms with Crippen molar-refractivity contribution in [2.24, 2.45) is 0 Å². The molecule has 0 atom stereocenters. The van der Waals surface area contributed by atoms with Gasteiger partial charge in [-0.15, -0.1) is 0 Å². The van der Waals surface area contributed by atoms with Gasteiger partial charge in [0.15, 0.2) is 0 Å². The lowest BCUT2D eigenvalue weighted by Crippen LogP contribution is -2.09. The fraction of sp³-hybridized carbons (Fsp3) is 0.0625. The third kappa shape index (κ3) is 4.15. The Hall–Kier alpha value is -2.01. The van der Waals surface area contributed by atoms with E-state index in [0.29, 0.717) is 6.08 Å². The summed E-state index contributed by atoms with van der Waals surface area (Å²) >= 11 is 11.6. The second-order valence-electron chi connectivity index (χ2n) is 4.78. The van der Waals surface area contributed by atoms with E-state index >= 15 is 0 Å². The minimum absolute atomic E-state index is 0.0518. The number of alkyl halides is 3. The van der Waals surface area contributed by atoms with Gasteiger partial charge in [-0.1, -0.05) is 41.4 Å². The minimum atomic E-state index is -4.70. The third-order valence-corrected chi connectivity index (χ3v) is 5.52. The number of hydrogen-bond donors (Lipinski definition) is 0. The second-order valence-corrected chi connectivity index (χ2v) is 7.51. The molecule has 3 nitrogen and oxygen atoms in total. The van der Waals surface area contributed by atoms with E-state index in [1.807, 2.05) is 0 Å². The molecule has 0 spiro atoms. The molecule has 0 aromatic heterocycles. The lowest BCUT2D eigenvalue weighted by Gasteiger charge is -2.11. The Labute approximate surface area is 151 Å². The zero-order chi connectivity index (χ0) is 18.8. The maximum atomic E-state index is 13.0. The summed E-state index contributed by atoms with van der Waals surface area (Å²) in [4.78, 5) is -1.34. The van der Waals surface area contributed by atoms with E-state index in [0.717, 1.165) is 24.3 Å². The zero-order valence-electron chi connectivity index (χ0n) is 12.2. The van der Waals surface area contributed by atoms with Gasteiger partial charge in [-0.25, -0.2) is 8.42 Å². The highest BCUT2D eigenvalue weighted by Gasteiger charge is 2.33. The van der Waals surface area contributed by atoms with Crippen LogP contribution in [0.25, 0.3) is 6.08 Å². The van der Waals surface area contributed by atoms with E-state index < -0.39 is 36.9 Å². The SMILES string of the molecule is N#C/C(=C\c1ccccc1C(F)(F)F)S(=O)(=O)c1cc(Cl)ccc1Cl. The van der Waals surface area contributed by atoms with Crippen LogP contribution in [-0.4, -0.2) is 8.42 Å². The van der Waals surface area contributed by atoms with Gasteiger partial charge in [-0.3, -0.25) is 0 Å². The first kappa shape index (κ1) is 19.3. The quantitative estimate of drug-likeness (QED) is 0.646. The topological polar surface area (TPSA) is 57.9 Å². The number of allylic oxidation sites excluding steroid dienone is 1. The van der Waals surface area contributed by atoms with Gasteiger partial charge in [0.25, 0.3) is 0 Å². The van der Waals surface area contributed by atoms with Crippen LogP contribution >= 0.6 is 23.2 Å². The molecule has 9 heteroatoms. The summed E-state index contributed by atoms with van der Waals surface area (Å²) in [6, 6.07) is 9.33. The van der Waals surface area contributed by atoms with Crippen molar-refractivity contribution in [1.82, 2.24) is 0 Å². The number of benzene rings is 2. The largest absolute Gasteiger partial charge is 0.416 e. The van der Waals surface area contributed by atoms with E-state index in [1.165, 1.54) is 24.3 Å². The molecule has 0 aliphatic heterocycles. The molecule has 0 saturated heterocycles. The van der Waals surface area contributed by atoms with Crippen LogP contribution in [0.5, 0.6) is 0 Å². The number of nitrogens with zero attached hydrogens (tertiary/aromatic N) is 1. The summed E-state index contributed by atoms with van der Waals surface area (Å²) in [5.74, 6) is 0. The first-order chi connectivity index (χ1) is 11.6. The van der Waals surface area contributed by atoms with Gasteiger partial charge >= 0.3 is 6.18 Å². The van der Waals surface area contributed by atoms with Crippen molar-refractivity contribution in [3.8, 4) is 6.07 Å². The third-order valence-electron chi connectivity index (χ3n) is 3.14. The molecule has 0 heterocycles. The highest BCUT2D eigenvalue weighted by atomic mass is 35.5. The molecule has 0 N–H and O–H groups in total. The normalized spacial score (nSPS) is 12.7. The Kier molecular flexibility index (Phi) is 5.47. The molecule has 2 rings (SSSR count). The Balaban J connectivity index is 2.67. The molecule has 130 valence electrons. The molecule has 2 aromatic carbocycles. The van der Waals surface area contributed by atoms with Crippen molar-refractivity contribution in [3.05, 3.63) is 68.5 Å². The monoisotopic (exact) mass is 405 g/mol. The van der Waals surface area contributed by atoms with Crippen molar-refractivity contribution in [2.45, 2.75) is 11.1 Å². The summed E-state index contributed by atoms with van der Waals surface area (Å²) in [5.41, 5.74) is -1.51. The van der Waals surface area contributed by atoms with Gasteiger partial charge in [0.2, 0.25) is 9.84 Å². The van der Waals surface area contributed by atoms with E-state index in [9.17, 15) is 26.9 Å². The maximum absolute atomic E-state index is 13.0. The fourth-order valence-corrected chi connectivity index (χ4v) is 3.90. The second kappa shape index (κ2) is 7.08. The van der Waals surface area contributed by atoms with E-state index in [-0.39, 0.29) is 10.0 Å². The predicted octanol–water partition coefficient (Wildman–Crippen LogP) is 5.35. The predicted molar refractivity (Wildman–Crippen MR) is 88.7 cm³/mol. The molecule has 25 heavy (non-hydrogen) atoms. The Bertz CT molecular complexity index is 993. The molecular formula is C16H8Cl2F3NO2S. The summed E-state index contributed by atoms with van der Waals surface area (Å²) in [6.45, 7) is 0. The van der Waals surface area contributed by atoms with Crippen molar-refractivity contribution < 1.29 is 21.6 Å². The average Bonchev–Trinajstić information content (AvgIpc) is 2.54. The lowest BCUT2D eigenvalue weighted by atomic mass is 10.1. The number of rotatable bonds is 3. The Morgan fingerprint density at radius 2 is 1.76 bits per heavy atom. The Morgan fingerprint density at radius 1 is 1.12 bits per heavy atom. The van der Waals surface area contributed by atoms with Crippen molar-refractivity contribution in [2.75, 3.05) is 0 Å². The fourth-order valence-electron chi connectivity index (χ4n) is 1.99. The van der Waals surface area contributed by atoms with Crippen LogP contribution < -0.4 is 0 Å². The van der Waals surface area contributed by atoms with Crippen molar-refractivity contribution in [1.29, 1.82) is 5.26 Å². The molecule has 0 saturated carbocycles. The van der Waals surface area contributed by atoms with E-state index in [2.05, 4.69) is 0 Å². The summed E-state index contributed by atoms with van der Waals surface area (Å²) in [6.07, 6.45) is -4.04. The molecule has 2 aromatic rings. The van der Waals surface area contributed by atoms with E-state index in [1.54, 1.807) is 0 Å². The van der Waals surface area contributed by atoms with Crippen LogP contribution in [0.4, 0.5) is 13.2 Å². The molecule has 0 aliphatic carbocycles. The molecule has 0 fully saturated rings. The van der Waals surface area contributed by atoms with Gasteiger partial charge in [0.1, 0.15) is 11.0 Å². The molecule has 0 radical (unpaired) electrons. The van der Waals surface area contributed by atoms with Crippen molar-refractivity contribution >= 4 is 39.1 Å². The number of halogens is 5. The van der Waals surface area contributed by atoms with Crippen LogP contribution in [0.1, 0.15) is 11.1 Å². The summed E-state index contributed by atoms with van der Waals surface area (Å²) < 4.78 is 64.3. The van der Waals surface area contributed by atoms with Crippen LogP contribution in [0.2, 0.25) is 10.0 Å². The molecule has 0 bridgehead atoms. The highest BCUT2D eigenvalue weighted by molar-refractivity contribution is 7.95. The Morgan fingerprint density at radius 3 is 2.36 bits per heavy atom. The lowest BCUT2D eigenvalue weighted by molar-refractivity contribution is -0.137. The van der Waals surface area contributed by atoms with Gasteiger partial charge in [0, 0.05) is 5.02 Å². The molecule has 0 aliphatic rings. The van der Waals surface area contributed by atoms with Gasteiger partial charge in [0.05, 0.1) is 15.5 Å². The van der Waals surface area contributed by atoms with Gasteiger partial charge in [-0.2, -0.15) is 18.4 Å². The number of sulfone groups is 1. The molecule has 0 amide bonds. The minimum Gasteiger partial charge on any atom is -0.218 e. The van der Waals surface area contributed by atoms with Crippen LogP contribution in [-0.2, 0) is 16.0 Å². The number of nitriles is 1. The van der Waals surface area contributed by atoms with Crippen LogP contribution in [0, 0.1) is 11.3 Å². The van der Waals surface area contributed by atoms with Gasteiger partial charge < -0.3 is 0 Å². The highest BCUT2D eigenvalue weighted by Crippen LogP contribution is 2.35. The van der Waals surface area contributed by atoms with E-state index in [4.69, 9.17) is 23.2 Å².